The lowest BCUT2D eigenvalue weighted by Crippen LogP contribution is -2.47. The van der Waals surface area contributed by atoms with Gasteiger partial charge in [0.2, 0.25) is 5.91 Å². The van der Waals surface area contributed by atoms with Crippen LogP contribution in [0.1, 0.15) is 6.42 Å². The number of hydrogen-bond acceptors (Lipinski definition) is 6. The van der Waals surface area contributed by atoms with Gasteiger partial charge >= 0.3 is 0 Å². The zero-order valence-electron chi connectivity index (χ0n) is 15.8. The molecule has 1 fully saturated rings. The number of rotatable bonds is 7. The number of anilines is 2. The van der Waals surface area contributed by atoms with E-state index in [9.17, 15) is 14.9 Å². The predicted octanol–water partition coefficient (Wildman–Crippen LogP) is 2.75. The van der Waals surface area contributed by atoms with Crippen molar-refractivity contribution < 1.29 is 14.5 Å². The summed E-state index contributed by atoms with van der Waals surface area (Å²) in [4.78, 5) is 27.3. The molecule has 28 heavy (non-hydrogen) atoms. The van der Waals surface area contributed by atoms with Crippen molar-refractivity contribution in [3.8, 4) is 5.75 Å². The molecule has 0 aliphatic carbocycles. The van der Waals surface area contributed by atoms with Gasteiger partial charge < -0.3 is 15.0 Å². The third-order valence-electron chi connectivity index (χ3n) is 4.83. The number of para-hydroxylation sites is 4. The van der Waals surface area contributed by atoms with Crippen molar-refractivity contribution in [2.24, 2.45) is 0 Å². The fraction of sp³-hybridized carbons (Fsp3) is 0.350. The largest absolute Gasteiger partial charge is 0.495 e. The van der Waals surface area contributed by atoms with Crippen molar-refractivity contribution in [1.29, 1.82) is 0 Å². The third-order valence-corrected chi connectivity index (χ3v) is 4.83. The van der Waals surface area contributed by atoms with Crippen molar-refractivity contribution in [2.75, 3.05) is 50.1 Å². The number of nitro groups is 1. The van der Waals surface area contributed by atoms with Crippen molar-refractivity contribution >= 4 is 23.0 Å². The summed E-state index contributed by atoms with van der Waals surface area (Å²) >= 11 is 0. The number of methoxy groups -OCH3 is 1. The highest BCUT2D eigenvalue weighted by Crippen LogP contribution is 2.28. The van der Waals surface area contributed by atoms with Crippen LogP contribution in [0.15, 0.2) is 48.5 Å². The molecule has 2 aromatic rings. The van der Waals surface area contributed by atoms with E-state index in [0.717, 1.165) is 37.6 Å². The Labute approximate surface area is 163 Å². The maximum Gasteiger partial charge on any atom is 0.292 e. The number of nitrogens with one attached hydrogen (secondary N) is 1. The van der Waals surface area contributed by atoms with Gasteiger partial charge in [-0.2, -0.15) is 0 Å². The topological polar surface area (TPSA) is 88.0 Å². The van der Waals surface area contributed by atoms with Gasteiger partial charge in [0.1, 0.15) is 11.4 Å². The van der Waals surface area contributed by atoms with Crippen molar-refractivity contribution in [1.82, 2.24) is 4.90 Å². The number of ether oxygens (including phenoxy) is 1. The summed E-state index contributed by atoms with van der Waals surface area (Å²) in [7, 11) is 1.67. The van der Waals surface area contributed by atoms with E-state index < -0.39 is 4.92 Å². The summed E-state index contributed by atoms with van der Waals surface area (Å²) in [5.74, 6) is 0.640. The third kappa shape index (κ3) is 4.77. The van der Waals surface area contributed by atoms with Crippen LogP contribution in [0, 0.1) is 10.1 Å². The van der Waals surface area contributed by atoms with Crippen LogP contribution in [-0.2, 0) is 4.79 Å². The van der Waals surface area contributed by atoms with E-state index in [-0.39, 0.29) is 17.3 Å². The first-order valence-corrected chi connectivity index (χ1v) is 9.22. The minimum absolute atomic E-state index is 0.0960. The second-order valence-electron chi connectivity index (χ2n) is 6.57. The molecule has 2 aromatic carbocycles. The van der Waals surface area contributed by atoms with Crippen LogP contribution in [0.4, 0.5) is 17.1 Å². The Morgan fingerprint density at radius 2 is 1.79 bits per heavy atom. The molecule has 8 heteroatoms. The molecule has 0 radical (unpaired) electrons. The molecular formula is C20H24N4O4. The highest BCUT2D eigenvalue weighted by molar-refractivity contribution is 5.93. The molecular weight excluding hydrogens is 360 g/mol. The van der Waals surface area contributed by atoms with Crippen LogP contribution in [-0.4, -0.2) is 55.6 Å². The summed E-state index contributed by atoms with van der Waals surface area (Å²) in [6.45, 7) is 4.01. The lowest BCUT2D eigenvalue weighted by Gasteiger charge is -2.36. The fourth-order valence-electron chi connectivity index (χ4n) is 3.31. The maximum absolute atomic E-state index is 12.2. The summed E-state index contributed by atoms with van der Waals surface area (Å²) in [5.41, 5.74) is 1.22. The highest BCUT2D eigenvalue weighted by Gasteiger charge is 2.20. The number of benzene rings is 2. The van der Waals surface area contributed by atoms with Gasteiger partial charge in [0, 0.05) is 45.2 Å². The van der Waals surface area contributed by atoms with Crippen LogP contribution in [0.25, 0.3) is 0 Å². The number of carbonyl (C=O) groups excluding carboxylic acids is 1. The SMILES string of the molecule is COc1ccccc1N1CCN(CCC(=O)Nc2ccccc2[N+](=O)[O-])CC1. The summed E-state index contributed by atoms with van der Waals surface area (Å²) in [6.07, 6.45) is 0.292. The molecule has 1 aliphatic rings. The molecule has 0 spiro atoms. The van der Waals surface area contributed by atoms with Gasteiger partial charge in [-0.1, -0.05) is 24.3 Å². The average Bonchev–Trinajstić information content (AvgIpc) is 2.73. The first-order chi connectivity index (χ1) is 13.6. The number of carbonyl (C=O) groups is 1. The van der Waals surface area contributed by atoms with E-state index >= 15 is 0 Å². The van der Waals surface area contributed by atoms with Crippen LogP contribution in [0.5, 0.6) is 5.75 Å². The minimum atomic E-state index is -0.493. The lowest BCUT2D eigenvalue weighted by molar-refractivity contribution is -0.383. The molecule has 1 saturated heterocycles. The van der Waals surface area contributed by atoms with Crippen molar-refractivity contribution in [3.63, 3.8) is 0 Å². The van der Waals surface area contributed by atoms with Gasteiger partial charge in [0.05, 0.1) is 17.7 Å². The summed E-state index contributed by atoms with van der Waals surface area (Å²) in [6, 6.07) is 14.1. The van der Waals surface area contributed by atoms with Crippen LogP contribution < -0.4 is 15.0 Å². The smallest absolute Gasteiger partial charge is 0.292 e. The first-order valence-electron chi connectivity index (χ1n) is 9.22. The Kier molecular flexibility index (Phi) is 6.44. The van der Waals surface area contributed by atoms with Crippen molar-refractivity contribution in [2.45, 2.75) is 6.42 Å². The number of piperazine rings is 1. The Hall–Kier alpha value is -3.13. The molecule has 1 N–H and O–H groups in total. The minimum Gasteiger partial charge on any atom is -0.495 e. The highest BCUT2D eigenvalue weighted by atomic mass is 16.6. The second kappa shape index (κ2) is 9.18. The van der Waals surface area contributed by atoms with Crippen LogP contribution in [0.3, 0.4) is 0 Å². The Bertz CT molecular complexity index is 834. The van der Waals surface area contributed by atoms with E-state index in [1.54, 1.807) is 25.3 Å². The Balaban J connectivity index is 1.48. The number of amides is 1. The first kappa shape index (κ1) is 19.6. The van der Waals surface area contributed by atoms with Gasteiger partial charge in [-0.3, -0.25) is 19.8 Å². The molecule has 0 atom stereocenters. The molecule has 8 nitrogen and oxygen atoms in total. The van der Waals surface area contributed by atoms with E-state index in [1.165, 1.54) is 6.07 Å². The van der Waals surface area contributed by atoms with Crippen molar-refractivity contribution in [3.05, 3.63) is 58.6 Å². The standard InChI is InChI=1S/C20H24N4O4/c1-28-19-9-5-4-8-18(19)23-14-12-22(13-15-23)11-10-20(25)21-16-6-2-3-7-17(16)24(26)27/h2-9H,10-15H2,1H3,(H,21,25). The van der Waals surface area contributed by atoms with Gasteiger partial charge in [-0.05, 0) is 18.2 Å². The molecule has 0 bridgehead atoms. The lowest BCUT2D eigenvalue weighted by atomic mass is 10.2. The van der Waals surface area contributed by atoms with E-state index in [1.807, 2.05) is 18.2 Å². The van der Waals surface area contributed by atoms with Gasteiger partial charge in [0.25, 0.3) is 5.69 Å². The van der Waals surface area contributed by atoms with Crippen LogP contribution in [0.2, 0.25) is 0 Å². The zero-order valence-corrected chi connectivity index (χ0v) is 15.8. The van der Waals surface area contributed by atoms with E-state index in [4.69, 9.17) is 4.74 Å². The summed E-state index contributed by atoms with van der Waals surface area (Å²) in [5, 5.41) is 13.7. The monoisotopic (exact) mass is 384 g/mol. The molecule has 1 amide bonds. The number of nitrogens with zero attached hydrogens (tertiary/aromatic N) is 3. The Morgan fingerprint density at radius 1 is 1.11 bits per heavy atom. The van der Waals surface area contributed by atoms with Crippen LogP contribution >= 0.6 is 0 Å². The quantitative estimate of drug-likeness (QED) is 0.583. The predicted molar refractivity (Wildman–Crippen MR) is 108 cm³/mol. The van der Waals surface area contributed by atoms with Gasteiger partial charge in [-0.25, -0.2) is 0 Å². The number of hydrogen-bond donors (Lipinski definition) is 1. The molecule has 0 aromatic heterocycles. The molecule has 0 unspecified atom stereocenters. The molecule has 0 saturated carbocycles. The van der Waals surface area contributed by atoms with Gasteiger partial charge in [0.15, 0.2) is 0 Å². The molecule has 1 aliphatic heterocycles. The zero-order chi connectivity index (χ0) is 19.9. The molecule has 148 valence electrons. The van der Waals surface area contributed by atoms with E-state index in [2.05, 4.69) is 21.2 Å². The summed E-state index contributed by atoms with van der Waals surface area (Å²) < 4.78 is 5.43. The van der Waals surface area contributed by atoms with E-state index in [0.29, 0.717) is 13.0 Å². The average molecular weight is 384 g/mol. The molecule has 3 rings (SSSR count). The second-order valence-corrected chi connectivity index (χ2v) is 6.57. The fourth-order valence-corrected chi connectivity index (χ4v) is 3.31. The maximum atomic E-state index is 12.2. The Morgan fingerprint density at radius 3 is 2.50 bits per heavy atom. The molecule has 1 heterocycles. The van der Waals surface area contributed by atoms with Gasteiger partial charge in [-0.15, -0.1) is 0 Å². The number of nitro benzene ring substituents is 1. The normalized spacial score (nSPS) is 14.5.